The van der Waals surface area contributed by atoms with Gasteiger partial charge in [0, 0.05) is 6.20 Å². The third-order valence-corrected chi connectivity index (χ3v) is 3.98. The lowest BCUT2D eigenvalue weighted by Gasteiger charge is -2.08. The molecule has 2 aromatic heterocycles. The maximum atomic E-state index is 12.0. The molecule has 0 amide bonds. The molecule has 4 nitrogen and oxygen atoms in total. The average Bonchev–Trinajstić information content (AvgIpc) is 3.07. The van der Waals surface area contributed by atoms with Crippen LogP contribution in [0.2, 0.25) is 0 Å². The van der Waals surface area contributed by atoms with Crippen LogP contribution in [0.25, 0.3) is 0 Å². The molecule has 0 N–H and O–H groups in total. The topological polar surface area (TPSA) is 48.0 Å². The predicted molar refractivity (Wildman–Crippen MR) is 74.2 cm³/mol. The molecule has 100 valence electrons. The first-order valence-corrected chi connectivity index (χ1v) is 7.34. The Morgan fingerprint density at radius 1 is 1.37 bits per heavy atom. The fourth-order valence-electron chi connectivity index (χ4n) is 2.56. The van der Waals surface area contributed by atoms with Gasteiger partial charge in [0.15, 0.2) is 10.4 Å². The monoisotopic (exact) mass is 322 g/mol. The normalized spacial score (nSPS) is 16.1. The Morgan fingerprint density at radius 2 is 2.16 bits per heavy atom. The number of aromatic nitrogens is 2. The lowest BCUT2D eigenvalue weighted by atomic mass is 10.2. The summed E-state index contributed by atoms with van der Waals surface area (Å²) < 4.78 is 7.84. The number of Topliss-reactive ketones (excluding diaryl/α,β-unsaturated/α-hetero) is 1. The Hall–Kier alpha value is -1.36. The number of carbonyl (C=O) groups is 1. The van der Waals surface area contributed by atoms with Gasteiger partial charge in [0.2, 0.25) is 5.78 Å². The quantitative estimate of drug-likeness (QED) is 0.805. The van der Waals surface area contributed by atoms with E-state index in [4.69, 9.17) is 4.42 Å². The molecule has 0 atom stereocenters. The molecule has 0 unspecified atom stereocenters. The molecule has 1 fully saturated rings. The zero-order valence-corrected chi connectivity index (χ0v) is 12.1. The number of ketones is 1. The van der Waals surface area contributed by atoms with Crippen molar-refractivity contribution < 1.29 is 9.21 Å². The first-order valence-electron chi connectivity index (χ1n) is 6.55. The van der Waals surface area contributed by atoms with E-state index in [9.17, 15) is 4.79 Å². The van der Waals surface area contributed by atoms with Crippen LogP contribution in [0.4, 0.5) is 0 Å². The molecular weight excluding hydrogens is 308 g/mol. The number of hydrogen-bond acceptors (Lipinski definition) is 3. The van der Waals surface area contributed by atoms with Crippen molar-refractivity contribution in [2.45, 2.75) is 38.1 Å². The zero-order chi connectivity index (χ0) is 13.2. The van der Waals surface area contributed by atoms with Crippen LogP contribution in [0.15, 0.2) is 33.5 Å². The first-order chi connectivity index (χ1) is 9.22. The van der Waals surface area contributed by atoms with Crippen molar-refractivity contribution in [2.75, 3.05) is 0 Å². The highest BCUT2D eigenvalue weighted by atomic mass is 79.9. The lowest BCUT2D eigenvalue weighted by Crippen LogP contribution is -2.07. The number of hydrogen-bond donors (Lipinski definition) is 0. The molecule has 0 radical (unpaired) electrons. The summed E-state index contributed by atoms with van der Waals surface area (Å²) in [6.45, 7) is 0. The number of rotatable bonds is 4. The molecule has 0 spiro atoms. The number of halogens is 1. The summed E-state index contributed by atoms with van der Waals surface area (Å²) in [7, 11) is 0. The molecule has 0 saturated heterocycles. The maximum absolute atomic E-state index is 12.0. The molecular formula is C14H15BrN2O2. The Balaban J connectivity index is 1.68. The van der Waals surface area contributed by atoms with Gasteiger partial charge in [-0.1, -0.05) is 12.8 Å². The molecule has 19 heavy (non-hydrogen) atoms. The second kappa shape index (κ2) is 5.33. The number of nitrogens with zero attached hydrogens (tertiary/aromatic N) is 2. The van der Waals surface area contributed by atoms with Gasteiger partial charge in [-0.2, -0.15) is 5.10 Å². The second-order valence-electron chi connectivity index (χ2n) is 4.93. The molecule has 5 heteroatoms. The van der Waals surface area contributed by atoms with Gasteiger partial charge >= 0.3 is 0 Å². The molecule has 0 bridgehead atoms. The van der Waals surface area contributed by atoms with Gasteiger partial charge < -0.3 is 4.42 Å². The van der Waals surface area contributed by atoms with Gasteiger partial charge in [-0.3, -0.25) is 9.48 Å². The van der Waals surface area contributed by atoms with Gasteiger partial charge in [0.1, 0.15) is 0 Å². The maximum Gasteiger partial charge on any atom is 0.204 e. The van der Waals surface area contributed by atoms with E-state index in [0.717, 1.165) is 5.69 Å². The Bertz CT molecular complexity index is 582. The Labute approximate surface area is 119 Å². The van der Waals surface area contributed by atoms with Gasteiger partial charge in [-0.25, -0.2) is 0 Å². The Kier molecular flexibility index (Phi) is 3.55. The van der Waals surface area contributed by atoms with Crippen molar-refractivity contribution in [3.05, 3.63) is 40.5 Å². The standard InChI is InChI=1S/C14H15BrN2O2/c15-14-6-5-13(19-14)12(18)9-10-7-8-17(16-10)11-3-1-2-4-11/h5-8,11H,1-4,9H2. The van der Waals surface area contributed by atoms with Crippen molar-refractivity contribution in [3.8, 4) is 0 Å². The zero-order valence-electron chi connectivity index (χ0n) is 10.5. The van der Waals surface area contributed by atoms with E-state index in [1.54, 1.807) is 12.1 Å². The van der Waals surface area contributed by atoms with Crippen molar-refractivity contribution >= 4 is 21.7 Å². The van der Waals surface area contributed by atoms with Crippen molar-refractivity contribution in [1.82, 2.24) is 9.78 Å². The summed E-state index contributed by atoms with van der Waals surface area (Å²) >= 11 is 3.20. The third kappa shape index (κ3) is 2.81. The molecule has 2 aromatic rings. The van der Waals surface area contributed by atoms with Gasteiger partial charge in [0.25, 0.3) is 0 Å². The largest absolute Gasteiger partial charge is 0.446 e. The van der Waals surface area contributed by atoms with E-state index in [-0.39, 0.29) is 5.78 Å². The van der Waals surface area contributed by atoms with Crippen LogP contribution in [-0.2, 0) is 6.42 Å². The summed E-state index contributed by atoms with van der Waals surface area (Å²) in [6, 6.07) is 5.85. The lowest BCUT2D eigenvalue weighted by molar-refractivity contribution is 0.0964. The second-order valence-corrected chi connectivity index (χ2v) is 5.71. The smallest absolute Gasteiger partial charge is 0.204 e. The number of furan rings is 1. The fraction of sp³-hybridized carbons (Fsp3) is 0.429. The van der Waals surface area contributed by atoms with Crippen LogP contribution >= 0.6 is 15.9 Å². The summed E-state index contributed by atoms with van der Waals surface area (Å²) in [5, 5.41) is 4.51. The average molecular weight is 323 g/mol. The SMILES string of the molecule is O=C(Cc1ccn(C2CCCC2)n1)c1ccc(Br)o1. The summed E-state index contributed by atoms with van der Waals surface area (Å²) in [5.41, 5.74) is 0.810. The van der Waals surface area contributed by atoms with Crippen molar-refractivity contribution in [3.63, 3.8) is 0 Å². The van der Waals surface area contributed by atoms with E-state index in [1.165, 1.54) is 25.7 Å². The molecule has 1 saturated carbocycles. The number of carbonyl (C=O) groups excluding carboxylic acids is 1. The van der Waals surface area contributed by atoms with Gasteiger partial charge in [0.05, 0.1) is 18.2 Å². The highest BCUT2D eigenvalue weighted by molar-refractivity contribution is 9.10. The highest BCUT2D eigenvalue weighted by Gasteiger charge is 2.19. The van der Waals surface area contributed by atoms with Crippen molar-refractivity contribution in [2.24, 2.45) is 0 Å². The summed E-state index contributed by atoms with van der Waals surface area (Å²) in [6.07, 6.45) is 7.22. The van der Waals surface area contributed by atoms with Crippen LogP contribution in [0.1, 0.15) is 48.0 Å². The highest BCUT2D eigenvalue weighted by Crippen LogP contribution is 2.28. The third-order valence-electron chi connectivity index (χ3n) is 3.55. The molecule has 0 aromatic carbocycles. The van der Waals surface area contributed by atoms with Crippen LogP contribution in [0.5, 0.6) is 0 Å². The molecule has 2 heterocycles. The molecule has 1 aliphatic carbocycles. The Morgan fingerprint density at radius 3 is 2.84 bits per heavy atom. The minimum Gasteiger partial charge on any atom is -0.446 e. The van der Waals surface area contributed by atoms with Crippen LogP contribution in [0.3, 0.4) is 0 Å². The van der Waals surface area contributed by atoms with Crippen LogP contribution < -0.4 is 0 Å². The summed E-state index contributed by atoms with van der Waals surface area (Å²) in [5.74, 6) is 0.338. The minimum atomic E-state index is -0.0395. The molecule has 3 rings (SSSR count). The molecule has 1 aliphatic rings. The van der Waals surface area contributed by atoms with E-state index in [2.05, 4.69) is 21.0 Å². The van der Waals surface area contributed by atoms with E-state index < -0.39 is 0 Å². The van der Waals surface area contributed by atoms with E-state index >= 15 is 0 Å². The molecule has 0 aliphatic heterocycles. The predicted octanol–water partition coefficient (Wildman–Crippen LogP) is 3.78. The van der Waals surface area contributed by atoms with E-state index in [0.29, 0.717) is 22.9 Å². The van der Waals surface area contributed by atoms with Crippen LogP contribution in [-0.4, -0.2) is 15.6 Å². The van der Waals surface area contributed by atoms with Gasteiger partial charge in [-0.05, 0) is 47.0 Å². The summed E-state index contributed by atoms with van der Waals surface area (Å²) in [4.78, 5) is 12.0. The van der Waals surface area contributed by atoms with E-state index in [1.807, 2.05) is 16.9 Å². The minimum absolute atomic E-state index is 0.0395. The van der Waals surface area contributed by atoms with Crippen LogP contribution in [0, 0.1) is 0 Å². The fourth-order valence-corrected chi connectivity index (χ4v) is 2.87. The van der Waals surface area contributed by atoms with Gasteiger partial charge in [-0.15, -0.1) is 0 Å². The first kappa shape index (κ1) is 12.7. The van der Waals surface area contributed by atoms with Crippen molar-refractivity contribution in [1.29, 1.82) is 0 Å².